The van der Waals surface area contributed by atoms with Crippen LogP contribution in [0.15, 0.2) is 41.8 Å². The lowest BCUT2D eigenvalue weighted by Gasteiger charge is -2.44. The van der Waals surface area contributed by atoms with Gasteiger partial charge in [-0.1, -0.05) is 38.1 Å². The number of thiophene rings is 1. The van der Waals surface area contributed by atoms with Gasteiger partial charge in [0.25, 0.3) is 5.91 Å². The van der Waals surface area contributed by atoms with Gasteiger partial charge in [0.15, 0.2) is 0 Å². The first-order chi connectivity index (χ1) is 15.9. The highest BCUT2D eigenvalue weighted by molar-refractivity contribution is 7.10. The third-order valence-electron chi connectivity index (χ3n) is 6.22. The van der Waals surface area contributed by atoms with E-state index in [4.69, 9.17) is 4.74 Å². The first-order valence-corrected chi connectivity index (χ1v) is 12.4. The minimum Gasteiger partial charge on any atom is -0.450 e. The molecule has 1 fully saturated rings. The van der Waals surface area contributed by atoms with Crippen molar-refractivity contribution in [2.45, 2.75) is 32.7 Å². The third-order valence-corrected chi connectivity index (χ3v) is 7.16. The molecule has 4 rings (SSSR count). The van der Waals surface area contributed by atoms with E-state index in [2.05, 4.69) is 13.8 Å². The number of carbonyl (C=O) groups is 3. The quantitative estimate of drug-likeness (QED) is 0.664. The molecule has 0 bridgehead atoms. The standard InChI is InChI=1S/C25H31N3O4S/c1-4-32-25(31)27-13-11-26(12-14-27)24(30)21-18-8-5-6-9-19(18)23(29)28(16-17(2)3)22(21)20-10-7-15-33-20/h5-10,15,17,21-22H,4,11-14,16H2,1-3H3/t21-,22+/m0/s1. The molecule has 1 aromatic carbocycles. The molecule has 176 valence electrons. The molecule has 1 saturated heterocycles. The Morgan fingerprint density at radius 2 is 1.76 bits per heavy atom. The molecule has 0 saturated carbocycles. The van der Waals surface area contributed by atoms with Crippen LogP contribution in [-0.2, 0) is 9.53 Å². The summed E-state index contributed by atoms with van der Waals surface area (Å²) in [6, 6.07) is 11.1. The van der Waals surface area contributed by atoms with Crippen LogP contribution in [0.4, 0.5) is 4.79 Å². The molecule has 2 aromatic rings. The van der Waals surface area contributed by atoms with Crippen LogP contribution in [0.25, 0.3) is 0 Å². The maximum atomic E-state index is 14.0. The molecule has 1 aromatic heterocycles. The van der Waals surface area contributed by atoms with Crippen molar-refractivity contribution < 1.29 is 19.1 Å². The summed E-state index contributed by atoms with van der Waals surface area (Å²) in [5, 5.41) is 1.99. The lowest BCUT2D eigenvalue weighted by molar-refractivity contribution is -0.136. The van der Waals surface area contributed by atoms with Gasteiger partial charge >= 0.3 is 6.09 Å². The number of hydrogen-bond acceptors (Lipinski definition) is 5. The smallest absolute Gasteiger partial charge is 0.409 e. The van der Waals surface area contributed by atoms with E-state index in [1.807, 2.05) is 51.6 Å². The maximum absolute atomic E-state index is 14.0. The van der Waals surface area contributed by atoms with Gasteiger partial charge < -0.3 is 19.4 Å². The molecule has 0 spiro atoms. The van der Waals surface area contributed by atoms with Crippen molar-refractivity contribution in [1.82, 2.24) is 14.7 Å². The Hall–Kier alpha value is -2.87. The summed E-state index contributed by atoms with van der Waals surface area (Å²) in [5.74, 6) is -0.226. The molecular weight excluding hydrogens is 438 g/mol. The number of amides is 3. The van der Waals surface area contributed by atoms with E-state index >= 15 is 0 Å². The molecule has 2 aliphatic heterocycles. The highest BCUT2D eigenvalue weighted by atomic mass is 32.1. The summed E-state index contributed by atoms with van der Waals surface area (Å²) in [7, 11) is 0. The van der Waals surface area contributed by atoms with Gasteiger partial charge in [-0.25, -0.2) is 4.79 Å². The van der Waals surface area contributed by atoms with Gasteiger partial charge in [-0.05, 0) is 35.9 Å². The van der Waals surface area contributed by atoms with Gasteiger partial charge in [0, 0.05) is 43.2 Å². The molecule has 7 nitrogen and oxygen atoms in total. The summed E-state index contributed by atoms with van der Waals surface area (Å²) in [4.78, 5) is 46.0. The third kappa shape index (κ3) is 4.62. The van der Waals surface area contributed by atoms with E-state index in [9.17, 15) is 14.4 Å². The van der Waals surface area contributed by atoms with Crippen molar-refractivity contribution in [2.24, 2.45) is 5.92 Å². The van der Waals surface area contributed by atoms with E-state index in [-0.39, 0.29) is 29.9 Å². The van der Waals surface area contributed by atoms with Crippen LogP contribution in [0, 0.1) is 5.92 Å². The summed E-state index contributed by atoms with van der Waals surface area (Å²) < 4.78 is 5.11. The van der Waals surface area contributed by atoms with Crippen molar-refractivity contribution in [1.29, 1.82) is 0 Å². The summed E-state index contributed by atoms with van der Waals surface area (Å²) in [6.45, 7) is 8.66. The van der Waals surface area contributed by atoms with E-state index in [0.29, 0.717) is 44.9 Å². The van der Waals surface area contributed by atoms with Gasteiger partial charge in [0.2, 0.25) is 5.91 Å². The van der Waals surface area contributed by atoms with E-state index < -0.39 is 5.92 Å². The van der Waals surface area contributed by atoms with Crippen LogP contribution in [0.2, 0.25) is 0 Å². The second kappa shape index (κ2) is 9.95. The first kappa shape index (κ1) is 23.3. The Bertz CT molecular complexity index is 999. The number of hydrogen-bond donors (Lipinski definition) is 0. The predicted octanol–water partition coefficient (Wildman–Crippen LogP) is 3.99. The average Bonchev–Trinajstić information content (AvgIpc) is 3.35. The van der Waals surface area contributed by atoms with Crippen molar-refractivity contribution in [2.75, 3.05) is 39.3 Å². The molecular formula is C25H31N3O4S. The number of rotatable bonds is 5. The van der Waals surface area contributed by atoms with Crippen LogP contribution in [0.1, 0.15) is 53.5 Å². The summed E-state index contributed by atoms with van der Waals surface area (Å²) >= 11 is 1.58. The van der Waals surface area contributed by atoms with Crippen molar-refractivity contribution in [3.8, 4) is 0 Å². The number of piperazine rings is 1. The average molecular weight is 470 g/mol. The topological polar surface area (TPSA) is 70.2 Å². The molecule has 3 heterocycles. The van der Waals surface area contributed by atoms with Gasteiger partial charge in [-0.3, -0.25) is 9.59 Å². The monoisotopic (exact) mass is 469 g/mol. The zero-order valence-corrected chi connectivity index (χ0v) is 20.2. The summed E-state index contributed by atoms with van der Waals surface area (Å²) in [5.41, 5.74) is 1.40. The summed E-state index contributed by atoms with van der Waals surface area (Å²) in [6.07, 6.45) is -0.335. The molecule has 0 radical (unpaired) electrons. The Kier molecular flexibility index (Phi) is 7.02. The molecule has 0 N–H and O–H groups in total. The maximum Gasteiger partial charge on any atom is 0.409 e. The van der Waals surface area contributed by atoms with Gasteiger partial charge in [-0.15, -0.1) is 11.3 Å². The number of benzene rings is 1. The van der Waals surface area contributed by atoms with Crippen LogP contribution >= 0.6 is 11.3 Å². The normalized spacial score (nSPS) is 20.7. The van der Waals surface area contributed by atoms with E-state index in [1.54, 1.807) is 23.2 Å². The van der Waals surface area contributed by atoms with Gasteiger partial charge in [0.1, 0.15) is 0 Å². The predicted molar refractivity (Wildman–Crippen MR) is 127 cm³/mol. The Labute approximate surface area is 198 Å². The number of carbonyl (C=O) groups excluding carboxylic acids is 3. The Morgan fingerprint density at radius 3 is 2.39 bits per heavy atom. The second-order valence-electron chi connectivity index (χ2n) is 8.89. The van der Waals surface area contributed by atoms with Gasteiger partial charge in [0.05, 0.1) is 18.6 Å². The zero-order chi connectivity index (χ0) is 23.5. The fraction of sp³-hybridized carbons (Fsp3) is 0.480. The molecule has 3 amide bonds. The van der Waals surface area contributed by atoms with Gasteiger partial charge in [-0.2, -0.15) is 0 Å². The minimum absolute atomic E-state index is 0.00520. The highest BCUT2D eigenvalue weighted by Gasteiger charge is 2.46. The zero-order valence-electron chi connectivity index (χ0n) is 19.4. The lowest BCUT2D eigenvalue weighted by Crippen LogP contribution is -2.54. The molecule has 33 heavy (non-hydrogen) atoms. The largest absolute Gasteiger partial charge is 0.450 e. The highest BCUT2D eigenvalue weighted by Crippen LogP contribution is 2.45. The molecule has 0 unspecified atom stereocenters. The van der Waals surface area contributed by atoms with Crippen LogP contribution in [0.5, 0.6) is 0 Å². The fourth-order valence-electron chi connectivity index (χ4n) is 4.75. The molecule has 0 aliphatic carbocycles. The minimum atomic E-state index is -0.481. The van der Waals surface area contributed by atoms with E-state index in [1.165, 1.54) is 0 Å². The SMILES string of the molecule is CCOC(=O)N1CCN(C(=O)[C@H]2c3ccccc3C(=O)N(CC(C)C)[C@@H]2c2cccs2)CC1. The molecule has 8 heteroatoms. The van der Waals surface area contributed by atoms with E-state index in [0.717, 1.165) is 10.4 Å². The number of ether oxygens (including phenoxy) is 1. The number of nitrogens with zero attached hydrogens (tertiary/aromatic N) is 3. The fourth-order valence-corrected chi connectivity index (χ4v) is 5.62. The van der Waals surface area contributed by atoms with Crippen molar-refractivity contribution >= 4 is 29.2 Å². The Balaban J connectivity index is 1.68. The van der Waals surface area contributed by atoms with Crippen molar-refractivity contribution in [3.05, 3.63) is 57.8 Å². The van der Waals surface area contributed by atoms with Crippen LogP contribution in [-0.4, -0.2) is 71.9 Å². The lowest BCUT2D eigenvalue weighted by atomic mass is 9.80. The van der Waals surface area contributed by atoms with Crippen LogP contribution < -0.4 is 0 Å². The van der Waals surface area contributed by atoms with Crippen LogP contribution in [0.3, 0.4) is 0 Å². The number of fused-ring (bicyclic) bond motifs is 1. The molecule has 2 aliphatic rings. The van der Waals surface area contributed by atoms with Crippen molar-refractivity contribution in [3.63, 3.8) is 0 Å². The molecule has 2 atom stereocenters. The Morgan fingerprint density at radius 1 is 1.06 bits per heavy atom. The first-order valence-electron chi connectivity index (χ1n) is 11.6. The second-order valence-corrected chi connectivity index (χ2v) is 9.87.